The van der Waals surface area contributed by atoms with E-state index in [0.29, 0.717) is 39.1 Å². The van der Waals surface area contributed by atoms with Crippen molar-refractivity contribution in [1.29, 1.82) is 0 Å². The van der Waals surface area contributed by atoms with Crippen LogP contribution in [0.15, 0.2) is 30.5 Å². The largest absolute Gasteiger partial charge is 0.353 e. The minimum atomic E-state index is -3.43. The lowest BCUT2D eigenvalue weighted by atomic mass is 10.1. The summed E-state index contributed by atoms with van der Waals surface area (Å²) in [6.45, 7) is 6.53. The number of halogens is 1. The number of anilines is 2. The average Bonchev–Trinajstić information content (AvgIpc) is 2.73. The highest BCUT2D eigenvalue weighted by atomic mass is 32.2. The van der Waals surface area contributed by atoms with Gasteiger partial charge in [-0.2, -0.15) is 0 Å². The Balaban J connectivity index is 1.45. The lowest BCUT2D eigenvalue weighted by molar-refractivity contribution is 0.0742. The van der Waals surface area contributed by atoms with E-state index in [2.05, 4.69) is 16.0 Å². The summed E-state index contributed by atoms with van der Waals surface area (Å²) in [5, 5.41) is 0. The van der Waals surface area contributed by atoms with Crippen molar-refractivity contribution in [2.75, 3.05) is 47.7 Å². The van der Waals surface area contributed by atoms with E-state index in [1.54, 1.807) is 4.90 Å². The third-order valence-corrected chi connectivity index (χ3v) is 7.74. The van der Waals surface area contributed by atoms with Gasteiger partial charge >= 0.3 is 0 Å². The fraction of sp³-hybridized carbons (Fsp3) is 0.455. The molecule has 2 fully saturated rings. The Morgan fingerprint density at radius 1 is 1.03 bits per heavy atom. The van der Waals surface area contributed by atoms with E-state index in [9.17, 15) is 17.6 Å². The number of piperazine rings is 1. The summed E-state index contributed by atoms with van der Waals surface area (Å²) < 4.78 is 40.6. The molecule has 0 saturated carbocycles. The Hall–Kier alpha value is -2.68. The molecular formula is C22H27FN4O3S. The fourth-order valence-electron chi connectivity index (χ4n) is 4.24. The molecule has 0 N–H and O–H groups in total. The SMILES string of the molecule is Cc1cnc(N2CCN(C(=O)c3ccc(N4CCCCS4(=O)=O)cc3F)CC2)c(C)c1. The van der Waals surface area contributed by atoms with Gasteiger partial charge in [-0.3, -0.25) is 9.10 Å². The topological polar surface area (TPSA) is 73.8 Å². The van der Waals surface area contributed by atoms with Crippen LogP contribution < -0.4 is 9.21 Å². The molecular weight excluding hydrogens is 419 g/mol. The number of pyridine rings is 1. The number of carbonyl (C=O) groups is 1. The van der Waals surface area contributed by atoms with E-state index in [0.717, 1.165) is 29.4 Å². The van der Waals surface area contributed by atoms with Gasteiger partial charge in [0.05, 0.1) is 17.0 Å². The van der Waals surface area contributed by atoms with E-state index in [4.69, 9.17) is 0 Å². The summed E-state index contributed by atoms with van der Waals surface area (Å²) in [5.74, 6) is -0.0916. The van der Waals surface area contributed by atoms with Crippen molar-refractivity contribution in [3.8, 4) is 0 Å². The van der Waals surface area contributed by atoms with Crippen LogP contribution in [0.2, 0.25) is 0 Å². The van der Waals surface area contributed by atoms with E-state index in [1.165, 1.54) is 16.4 Å². The van der Waals surface area contributed by atoms with Gasteiger partial charge in [0.1, 0.15) is 11.6 Å². The zero-order chi connectivity index (χ0) is 22.2. The standard InChI is InChI=1S/C22H27FN4O3S/c1-16-13-17(2)21(24-15-16)25-8-10-26(11-9-25)22(28)19-6-5-18(14-20(19)23)27-7-3-4-12-31(27,29)30/h5-6,13-15H,3-4,7-12H2,1-2H3. The first kappa shape index (κ1) is 21.5. The van der Waals surface area contributed by atoms with Crippen LogP contribution in [0.25, 0.3) is 0 Å². The number of aryl methyl sites for hydroxylation is 2. The number of nitrogens with zero attached hydrogens (tertiary/aromatic N) is 4. The third-order valence-electron chi connectivity index (χ3n) is 5.87. The monoisotopic (exact) mass is 446 g/mol. The molecule has 2 aliphatic heterocycles. The number of hydrogen-bond donors (Lipinski definition) is 0. The first-order valence-electron chi connectivity index (χ1n) is 10.5. The predicted octanol–water partition coefficient (Wildman–Crippen LogP) is 2.73. The highest BCUT2D eigenvalue weighted by Crippen LogP contribution is 2.26. The maximum Gasteiger partial charge on any atom is 0.256 e. The van der Waals surface area contributed by atoms with E-state index in [1.807, 2.05) is 20.0 Å². The van der Waals surface area contributed by atoms with Gasteiger partial charge in [-0.15, -0.1) is 0 Å². The molecule has 3 heterocycles. The maximum atomic E-state index is 14.8. The molecule has 2 aromatic rings. The molecule has 1 aromatic carbocycles. The summed E-state index contributed by atoms with van der Waals surface area (Å²) in [6, 6.07) is 6.16. The Labute approximate surface area is 182 Å². The minimum Gasteiger partial charge on any atom is -0.353 e. The number of rotatable bonds is 3. The van der Waals surface area contributed by atoms with Crippen LogP contribution in [0, 0.1) is 19.7 Å². The summed E-state index contributed by atoms with van der Waals surface area (Å²) in [4.78, 5) is 21.2. The van der Waals surface area contributed by atoms with Crippen molar-refractivity contribution < 1.29 is 17.6 Å². The van der Waals surface area contributed by atoms with Gasteiger partial charge in [-0.25, -0.2) is 17.8 Å². The molecule has 9 heteroatoms. The normalized spacial score (nSPS) is 18.9. The van der Waals surface area contributed by atoms with Crippen LogP contribution in [0.3, 0.4) is 0 Å². The molecule has 0 spiro atoms. The fourth-order valence-corrected chi connectivity index (χ4v) is 5.87. The molecule has 166 valence electrons. The number of carbonyl (C=O) groups excluding carboxylic acids is 1. The highest BCUT2D eigenvalue weighted by molar-refractivity contribution is 7.92. The first-order valence-corrected chi connectivity index (χ1v) is 12.1. The van der Waals surface area contributed by atoms with Crippen molar-refractivity contribution in [2.45, 2.75) is 26.7 Å². The maximum absolute atomic E-state index is 14.8. The second-order valence-corrected chi connectivity index (χ2v) is 10.2. The van der Waals surface area contributed by atoms with Crippen molar-refractivity contribution >= 4 is 27.4 Å². The summed E-state index contributed by atoms with van der Waals surface area (Å²) in [7, 11) is -3.43. The predicted molar refractivity (Wildman–Crippen MR) is 119 cm³/mol. The summed E-state index contributed by atoms with van der Waals surface area (Å²) in [5.41, 5.74) is 2.44. The molecule has 31 heavy (non-hydrogen) atoms. The van der Waals surface area contributed by atoms with Gasteiger partial charge in [0.2, 0.25) is 10.0 Å². The van der Waals surface area contributed by atoms with Crippen molar-refractivity contribution in [2.24, 2.45) is 0 Å². The Morgan fingerprint density at radius 2 is 1.77 bits per heavy atom. The Morgan fingerprint density at radius 3 is 2.42 bits per heavy atom. The van der Waals surface area contributed by atoms with Gasteiger partial charge in [0.25, 0.3) is 5.91 Å². The van der Waals surface area contributed by atoms with Crippen LogP contribution >= 0.6 is 0 Å². The zero-order valence-corrected chi connectivity index (χ0v) is 18.7. The zero-order valence-electron chi connectivity index (χ0n) is 17.8. The second kappa shape index (κ2) is 8.45. The van der Waals surface area contributed by atoms with Crippen LogP contribution in [0.1, 0.15) is 34.3 Å². The van der Waals surface area contributed by atoms with Gasteiger partial charge < -0.3 is 9.80 Å². The number of amides is 1. The van der Waals surface area contributed by atoms with Gasteiger partial charge in [0, 0.05) is 38.9 Å². The highest BCUT2D eigenvalue weighted by Gasteiger charge is 2.29. The number of sulfonamides is 1. The van der Waals surface area contributed by atoms with Crippen LogP contribution in [-0.4, -0.2) is 62.7 Å². The van der Waals surface area contributed by atoms with Crippen molar-refractivity contribution in [3.63, 3.8) is 0 Å². The molecule has 7 nitrogen and oxygen atoms in total. The molecule has 4 rings (SSSR count). The molecule has 1 amide bonds. The van der Waals surface area contributed by atoms with Crippen LogP contribution in [0.5, 0.6) is 0 Å². The lowest BCUT2D eigenvalue weighted by Gasteiger charge is -2.36. The van der Waals surface area contributed by atoms with E-state index < -0.39 is 15.8 Å². The summed E-state index contributed by atoms with van der Waals surface area (Å²) in [6.07, 6.45) is 3.18. The average molecular weight is 447 g/mol. The van der Waals surface area contributed by atoms with Crippen molar-refractivity contribution in [1.82, 2.24) is 9.88 Å². The molecule has 0 atom stereocenters. The molecule has 0 radical (unpaired) electrons. The van der Waals surface area contributed by atoms with Crippen molar-refractivity contribution in [3.05, 3.63) is 53.0 Å². The molecule has 0 aliphatic carbocycles. The second-order valence-electron chi connectivity index (χ2n) is 8.19. The van der Waals surface area contributed by atoms with Gasteiger partial charge in [-0.1, -0.05) is 6.07 Å². The van der Waals surface area contributed by atoms with E-state index >= 15 is 0 Å². The number of aromatic nitrogens is 1. The quantitative estimate of drug-likeness (QED) is 0.725. The van der Waals surface area contributed by atoms with Gasteiger partial charge in [-0.05, 0) is 56.0 Å². The smallest absolute Gasteiger partial charge is 0.256 e. The number of hydrogen-bond acceptors (Lipinski definition) is 5. The summed E-state index contributed by atoms with van der Waals surface area (Å²) >= 11 is 0. The molecule has 1 aromatic heterocycles. The molecule has 0 unspecified atom stereocenters. The first-order chi connectivity index (χ1) is 14.8. The Bertz CT molecular complexity index is 1100. The molecule has 0 bridgehead atoms. The minimum absolute atomic E-state index is 0.0313. The van der Waals surface area contributed by atoms with Crippen LogP contribution in [-0.2, 0) is 10.0 Å². The third kappa shape index (κ3) is 4.37. The van der Waals surface area contributed by atoms with E-state index in [-0.39, 0.29) is 22.9 Å². The van der Waals surface area contributed by atoms with Gasteiger partial charge in [0.15, 0.2) is 0 Å². The van der Waals surface area contributed by atoms with Crippen LogP contribution in [0.4, 0.5) is 15.9 Å². The molecule has 2 aliphatic rings. The Kier molecular flexibility index (Phi) is 5.88. The molecule has 2 saturated heterocycles. The number of benzene rings is 1. The lowest BCUT2D eigenvalue weighted by Crippen LogP contribution is -2.49.